The van der Waals surface area contributed by atoms with Gasteiger partial charge in [0, 0.05) is 25.2 Å². The summed E-state index contributed by atoms with van der Waals surface area (Å²) in [7, 11) is 1.70. The zero-order chi connectivity index (χ0) is 22.3. The summed E-state index contributed by atoms with van der Waals surface area (Å²) in [6, 6.07) is 14.6. The Kier molecular flexibility index (Phi) is 8.08. The van der Waals surface area contributed by atoms with Gasteiger partial charge in [0.2, 0.25) is 5.91 Å². The van der Waals surface area contributed by atoms with Gasteiger partial charge in [0.05, 0.1) is 18.8 Å². The van der Waals surface area contributed by atoms with Gasteiger partial charge in [-0.15, -0.1) is 0 Å². The third-order valence-corrected chi connectivity index (χ3v) is 5.87. The van der Waals surface area contributed by atoms with Crippen molar-refractivity contribution in [1.29, 1.82) is 0 Å². The molecule has 2 aromatic rings. The first-order valence-electron chi connectivity index (χ1n) is 11.4. The topological polar surface area (TPSA) is 54.5 Å². The lowest BCUT2D eigenvalue weighted by atomic mass is 9.90. The van der Waals surface area contributed by atoms with E-state index in [1.165, 1.54) is 18.4 Å². The third-order valence-electron chi connectivity index (χ3n) is 5.87. The van der Waals surface area contributed by atoms with Crippen LogP contribution >= 0.6 is 0 Å². The maximum atomic E-state index is 12.8. The minimum absolute atomic E-state index is 0.0377. The molecule has 0 aliphatic carbocycles. The van der Waals surface area contributed by atoms with E-state index in [0.29, 0.717) is 12.5 Å². The van der Waals surface area contributed by atoms with Crippen molar-refractivity contribution >= 4 is 5.91 Å². The number of carbonyl (C=O) groups excluding carboxylic acids is 1. The number of ether oxygens (including phenoxy) is 1. The summed E-state index contributed by atoms with van der Waals surface area (Å²) in [5, 5.41) is 3.29. The number of amides is 1. The molecule has 3 rings (SSSR count). The Hall–Kier alpha value is -2.40. The maximum Gasteiger partial charge on any atom is 0.221 e. The van der Waals surface area contributed by atoms with Crippen molar-refractivity contribution in [2.24, 2.45) is 5.41 Å². The van der Waals surface area contributed by atoms with E-state index in [1.54, 1.807) is 7.11 Å². The first kappa shape index (κ1) is 23.3. The molecule has 1 fully saturated rings. The van der Waals surface area contributed by atoms with Crippen LogP contribution in [-0.4, -0.2) is 35.5 Å². The van der Waals surface area contributed by atoms with E-state index in [-0.39, 0.29) is 17.4 Å². The Balaban J connectivity index is 1.72. The number of rotatable bonds is 8. The molecule has 5 heteroatoms. The second-order valence-corrected chi connectivity index (χ2v) is 9.82. The smallest absolute Gasteiger partial charge is 0.221 e. The Labute approximate surface area is 187 Å². The molecule has 2 heterocycles. The third kappa shape index (κ3) is 7.35. The van der Waals surface area contributed by atoms with E-state index in [0.717, 1.165) is 37.4 Å². The predicted octanol–water partition coefficient (Wildman–Crippen LogP) is 5.13. The van der Waals surface area contributed by atoms with Crippen molar-refractivity contribution in [2.75, 3.05) is 13.7 Å². The van der Waals surface area contributed by atoms with Gasteiger partial charge in [0.15, 0.2) is 0 Å². The SMILES string of the molecule is COc1ccc(CN2CCCC[C@H]2C[C@@H](NC(=O)CC(C)(C)C)c2ccccn2)cc1. The van der Waals surface area contributed by atoms with Gasteiger partial charge in [-0.1, -0.05) is 45.4 Å². The monoisotopic (exact) mass is 423 g/mol. The number of likely N-dealkylation sites (tertiary alicyclic amines) is 1. The lowest BCUT2D eigenvalue weighted by molar-refractivity contribution is -0.123. The highest BCUT2D eigenvalue weighted by atomic mass is 16.5. The van der Waals surface area contributed by atoms with Crippen LogP contribution in [0.3, 0.4) is 0 Å². The van der Waals surface area contributed by atoms with Gasteiger partial charge in [-0.3, -0.25) is 14.7 Å². The molecule has 1 saturated heterocycles. The molecule has 1 aromatic heterocycles. The molecular weight excluding hydrogens is 386 g/mol. The quantitative estimate of drug-likeness (QED) is 0.640. The summed E-state index contributed by atoms with van der Waals surface area (Å²) < 4.78 is 5.29. The number of aromatic nitrogens is 1. The van der Waals surface area contributed by atoms with E-state index in [9.17, 15) is 4.79 Å². The number of piperidine rings is 1. The van der Waals surface area contributed by atoms with E-state index in [1.807, 2.05) is 36.5 Å². The lowest BCUT2D eigenvalue weighted by Crippen LogP contribution is -2.42. The molecule has 0 saturated carbocycles. The predicted molar refractivity (Wildman–Crippen MR) is 125 cm³/mol. The van der Waals surface area contributed by atoms with Crippen LogP contribution in [0.15, 0.2) is 48.7 Å². The van der Waals surface area contributed by atoms with Crippen molar-refractivity contribution in [3.63, 3.8) is 0 Å². The Morgan fingerprint density at radius 1 is 1.19 bits per heavy atom. The fraction of sp³-hybridized carbons (Fsp3) is 0.538. The first-order chi connectivity index (χ1) is 14.8. The molecule has 0 unspecified atom stereocenters. The van der Waals surface area contributed by atoms with Crippen molar-refractivity contribution in [1.82, 2.24) is 15.2 Å². The number of hydrogen-bond acceptors (Lipinski definition) is 4. The molecule has 1 N–H and O–H groups in total. The molecule has 1 aromatic carbocycles. The number of hydrogen-bond donors (Lipinski definition) is 1. The fourth-order valence-electron chi connectivity index (χ4n) is 4.34. The highest BCUT2D eigenvalue weighted by molar-refractivity contribution is 5.77. The number of methoxy groups -OCH3 is 1. The van der Waals surface area contributed by atoms with Gasteiger partial charge < -0.3 is 10.1 Å². The van der Waals surface area contributed by atoms with Crippen LogP contribution in [-0.2, 0) is 11.3 Å². The van der Waals surface area contributed by atoms with Gasteiger partial charge in [0.25, 0.3) is 0 Å². The van der Waals surface area contributed by atoms with E-state index in [2.05, 4.69) is 48.1 Å². The summed E-state index contributed by atoms with van der Waals surface area (Å²) in [6.07, 6.45) is 6.80. The maximum absolute atomic E-state index is 12.8. The van der Waals surface area contributed by atoms with Crippen molar-refractivity contribution < 1.29 is 9.53 Å². The van der Waals surface area contributed by atoms with E-state index in [4.69, 9.17) is 4.74 Å². The summed E-state index contributed by atoms with van der Waals surface area (Å²) in [5.41, 5.74) is 2.20. The summed E-state index contributed by atoms with van der Waals surface area (Å²) in [4.78, 5) is 19.9. The van der Waals surface area contributed by atoms with Gasteiger partial charge in [-0.2, -0.15) is 0 Å². The van der Waals surface area contributed by atoms with Crippen LogP contribution in [0.25, 0.3) is 0 Å². The van der Waals surface area contributed by atoms with Crippen molar-refractivity contribution in [3.05, 3.63) is 59.9 Å². The van der Waals surface area contributed by atoms with Crippen LogP contribution in [0.1, 0.15) is 70.2 Å². The summed E-state index contributed by atoms with van der Waals surface area (Å²) in [5.74, 6) is 0.983. The molecule has 1 aliphatic rings. The van der Waals surface area contributed by atoms with Gasteiger partial charge in [-0.05, 0) is 61.1 Å². The zero-order valence-electron chi connectivity index (χ0n) is 19.4. The largest absolute Gasteiger partial charge is 0.497 e. The zero-order valence-corrected chi connectivity index (χ0v) is 19.4. The van der Waals surface area contributed by atoms with Crippen LogP contribution in [0.4, 0.5) is 0 Å². The van der Waals surface area contributed by atoms with Gasteiger partial charge in [-0.25, -0.2) is 0 Å². The number of pyridine rings is 1. The van der Waals surface area contributed by atoms with E-state index < -0.39 is 0 Å². The van der Waals surface area contributed by atoms with Crippen molar-refractivity contribution in [3.8, 4) is 5.75 Å². The second kappa shape index (κ2) is 10.8. The van der Waals surface area contributed by atoms with E-state index >= 15 is 0 Å². The number of benzene rings is 1. The fourth-order valence-corrected chi connectivity index (χ4v) is 4.34. The molecular formula is C26H37N3O2. The molecule has 168 valence electrons. The molecule has 0 radical (unpaired) electrons. The Morgan fingerprint density at radius 3 is 2.61 bits per heavy atom. The minimum Gasteiger partial charge on any atom is -0.497 e. The van der Waals surface area contributed by atoms with Gasteiger partial charge in [0.1, 0.15) is 5.75 Å². The van der Waals surface area contributed by atoms with Crippen LogP contribution in [0.5, 0.6) is 5.75 Å². The number of nitrogens with zero attached hydrogens (tertiary/aromatic N) is 2. The highest BCUT2D eigenvalue weighted by Crippen LogP contribution is 2.28. The van der Waals surface area contributed by atoms with Crippen LogP contribution in [0, 0.1) is 5.41 Å². The van der Waals surface area contributed by atoms with Crippen LogP contribution < -0.4 is 10.1 Å². The molecule has 31 heavy (non-hydrogen) atoms. The number of carbonyl (C=O) groups is 1. The van der Waals surface area contributed by atoms with Crippen LogP contribution in [0.2, 0.25) is 0 Å². The highest BCUT2D eigenvalue weighted by Gasteiger charge is 2.28. The molecule has 2 atom stereocenters. The van der Waals surface area contributed by atoms with Gasteiger partial charge >= 0.3 is 0 Å². The Bertz CT molecular complexity index is 815. The standard InChI is InChI=1S/C26H37N3O2/c1-26(2,3)18-25(30)28-24(23-10-5-7-15-27-23)17-21-9-6-8-16-29(21)19-20-11-13-22(31-4)14-12-20/h5,7,10-15,21,24H,6,8-9,16-19H2,1-4H3,(H,28,30)/t21-,24+/m0/s1. The minimum atomic E-state index is -0.0717. The average molecular weight is 424 g/mol. The second-order valence-electron chi connectivity index (χ2n) is 9.82. The molecule has 5 nitrogen and oxygen atoms in total. The first-order valence-corrected chi connectivity index (χ1v) is 11.4. The number of nitrogens with one attached hydrogen (secondary N) is 1. The average Bonchev–Trinajstić information content (AvgIpc) is 2.74. The molecule has 1 aliphatic heterocycles. The van der Waals surface area contributed by atoms with Crippen molar-refractivity contribution in [2.45, 2.75) is 71.5 Å². The normalized spacial score (nSPS) is 18.4. The molecule has 1 amide bonds. The summed E-state index contributed by atoms with van der Waals surface area (Å²) in [6.45, 7) is 8.29. The molecule has 0 spiro atoms. The Morgan fingerprint density at radius 2 is 1.97 bits per heavy atom. The lowest BCUT2D eigenvalue weighted by Gasteiger charge is -2.38. The molecule has 0 bridgehead atoms. The summed E-state index contributed by atoms with van der Waals surface area (Å²) >= 11 is 0.